The van der Waals surface area contributed by atoms with Crippen LogP contribution in [0.4, 0.5) is 10.5 Å². The van der Waals surface area contributed by atoms with E-state index in [-0.39, 0.29) is 4.90 Å². The first-order valence-electron chi connectivity index (χ1n) is 10.4. The van der Waals surface area contributed by atoms with Gasteiger partial charge in [0.05, 0.1) is 18.1 Å². The second kappa shape index (κ2) is 11.0. The summed E-state index contributed by atoms with van der Waals surface area (Å²) in [5.74, 6) is -1.15. The predicted octanol–water partition coefficient (Wildman–Crippen LogP) is 1.63. The Morgan fingerprint density at radius 3 is 2.53 bits per heavy atom. The summed E-state index contributed by atoms with van der Waals surface area (Å²) in [7, 11) is -4.05. The van der Waals surface area contributed by atoms with Gasteiger partial charge in [0.1, 0.15) is 6.54 Å². The summed E-state index contributed by atoms with van der Waals surface area (Å²) in [4.78, 5) is 35.6. The number of fused-ring (bicyclic) bond motifs is 1. The molecule has 0 saturated heterocycles. The van der Waals surface area contributed by atoms with Crippen LogP contribution in [-0.2, 0) is 24.3 Å². The fraction of sp³-hybridized carbons (Fsp3) is 0.318. The first-order valence-corrected chi connectivity index (χ1v) is 11.9. The number of aryl methyl sites for hydroxylation is 1. The Kier molecular flexibility index (Phi) is 8.08. The van der Waals surface area contributed by atoms with Gasteiger partial charge in [0, 0.05) is 18.2 Å². The molecule has 0 aliphatic carbocycles. The maximum Gasteiger partial charge on any atom is 0.325 e. The zero-order chi connectivity index (χ0) is 24.7. The van der Waals surface area contributed by atoms with Crippen LogP contribution in [0, 0.1) is 13.8 Å². The third-order valence-corrected chi connectivity index (χ3v) is 6.30. The molecule has 2 aromatic rings. The largest absolute Gasteiger partial charge is 0.490 e. The third-order valence-electron chi connectivity index (χ3n) is 4.91. The smallest absolute Gasteiger partial charge is 0.325 e. The lowest BCUT2D eigenvalue weighted by atomic mass is 10.1. The number of anilines is 1. The number of sulfonamides is 1. The molecule has 1 aliphatic heterocycles. The highest BCUT2D eigenvalue weighted by molar-refractivity contribution is 7.89. The van der Waals surface area contributed by atoms with E-state index in [1.165, 1.54) is 18.2 Å². The Morgan fingerprint density at radius 1 is 1.03 bits per heavy atom. The van der Waals surface area contributed by atoms with Gasteiger partial charge in [-0.1, -0.05) is 12.1 Å². The molecular weight excluding hydrogens is 466 g/mol. The Hall–Kier alpha value is -3.64. The molecule has 0 saturated carbocycles. The first kappa shape index (κ1) is 25.0. The van der Waals surface area contributed by atoms with Gasteiger partial charge in [0.2, 0.25) is 10.0 Å². The maximum atomic E-state index is 12.5. The van der Waals surface area contributed by atoms with Crippen molar-refractivity contribution in [2.45, 2.75) is 25.2 Å². The van der Waals surface area contributed by atoms with E-state index in [0.29, 0.717) is 36.8 Å². The number of amides is 3. The highest BCUT2D eigenvalue weighted by Crippen LogP contribution is 2.31. The van der Waals surface area contributed by atoms with E-state index in [4.69, 9.17) is 14.2 Å². The normalized spacial score (nSPS) is 12.9. The fourth-order valence-electron chi connectivity index (χ4n) is 2.95. The number of urea groups is 1. The molecule has 0 radical (unpaired) electrons. The number of esters is 1. The van der Waals surface area contributed by atoms with Gasteiger partial charge in [0.25, 0.3) is 5.91 Å². The number of hydrogen-bond donors (Lipinski definition) is 3. The molecule has 3 N–H and O–H groups in total. The number of ether oxygens (including phenoxy) is 3. The molecule has 182 valence electrons. The van der Waals surface area contributed by atoms with Crippen molar-refractivity contribution < 1.29 is 37.0 Å². The van der Waals surface area contributed by atoms with Crippen LogP contribution in [0.2, 0.25) is 0 Å². The molecule has 0 atom stereocenters. The molecule has 12 heteroatoms. The van der Waals surface area contributed by atoms with Gasteiger partial charge in [-0.2, -0.15) is 4.72 Å². The van der Waals surface area contributed by atoms with Crippen molar-refractivity contribution in [2.24, 2.45) is 0 Å². The summed E-state index contributed by atoms with van der Waals surface area (Å²) in [6, 6.07) is 8.63. The van der Waals surface area contributed by atoms with Crippen LogP contribution in [-0.4, -0.2) is 52.7 Å². The number of benzene rings is 2. The molecule has 0 aromatic heterocycles. The average Bonchev–Trinajstić information content (AvgIpc) is 3.04. The summed E-state index contributed by atoms with van der Waals surface area (Å²) < 4.78 is 42.7. The van der Waals surface area contributed by atoms with Gasteiger partial charge in [0.15, 0.2) is 18.1 Å². The minimum absolute atomic E-state index is 0.120. The minimum atomic E-state index is -4.05. The van der Waals surface area contributed by atoms with Crippen molar-refractivity contribution >= 4 is 33.6 Å². The summed E-state index contributed by atoms with van der Waals surface area (Å²) in [6.45, 7) is 3.09. The van der Waals surface area contributed by atoms with E-state index >= 15 is 0 Å². The second-order valence-electron chi connectivity index (χ2n) is 7.39. The SMILES string of the molecule is Cc1cccc(NC(=O)NC(=O)COC(=O)CNS(=O)(=O)c2ccc3c(c2)OCCCO3)c1C. The molecule has 3 rings (SSSR count). The zero-order valence-corrected chi connectivity index (χ0v) is 19.5. The standard InChI is InChI=1S/C22H25N3O8S/c1-14-5-3-6-17(15(14)2)24-22(28)25-20(26)13-33-21(27)12-23-34(29,30)16-7-8-18-19(11-16)32-10-4-9-31-18/h3,5-8,11,23H,4,9-10,12-13H2,1-2H3,(H2,24,25,26,28). The van der Waals surface area contributed by atoms with E-state index in [1.807, 2.05) is 25.2 Å². The number of carbonyl (C=O) groups is 3. The number of nitrogens with one attached hydrogen (secondary N) is 3. The Bertz CT molecular complexity index is 1200. The van der Waals surface area contributed by atoms with Crippen LogP contribution >= 0.6 is 0 Å². The molecule has 2 aromatic carbocycles. The highest BCUT2D eigenvalue weighted by Gasteiger charge is 2.20. The van der Waals surface area contributed by atoms with Gasteiger partial charge >= 0.3 is 12.0 Å². The van der Waals surface area contributed by atoms with Crippen molar-refractivity contribution in [1.82, 2.24) is 10.0 Å². The van der Waals surface area contributed by atoms with Crippen molar-refractivity contribution in [2.75, 3.05) is 31.7 Å². The number of hydrogen-bond acceptors (Lipinski definition) is 8. The number of carbonyl (C=O) groups excluding carboxylic acids is 3. The fourth-order valence-corrected chi connectivity index (χ4v) is 3.93. The lowest BCUT2D eigenvalue weighted by Gasteiger charge is -2.11. The van der Waals surface area contributed by atoms with Crippen LogP contribution in [0.3, 0.4) is 0 Å². The monoisotopic (exact) mass is 491 g/mol. The number of rotatable bonds is 7. The lowest BCUT2D eigenvalue weighted by Crippen LogP contribution is -2.38. The molecule has 0 bridgehead atoms. The average molecular weight is 492 g/mol. The topological polar surface area (TPSA) is 149 Å². The second-order valence-corrected chi connectivity index (χ2v) is 9.16. The van der Waals surface area contributed by atoms with Crippen molar-refractivity contribution in [3.63, 3.8) is 0 Å². The van der Waals surface area contributed by atoms with Gasteiger partial charge in [-0.05, 0) is 43.2 Å². The van der Waals surface area contributed by atoms with E-state index in [9.17, 15) is 22.8 Å². The molecule has 1 aliphatic rings. The van der Waals surface area contributed by atoms with Gasteiger partial charge < -0.3 is 19.5 Å². The summed E-state index contributed by atoms with van der Waals surface area (Å²) in [6.07, 6.45) is 0.668. The Labute approximate surface area is 196 Å². The lowest BCUT2D eigenvalue weighted by molar-refractivity contribution is -0.147. The number of imide groups is 1. The molecule has 0 spiro atoms. The molecule has 1 heterocycles. The van der Waals surface area contributed by atoms with E-state index in [2.05, 4.69) is 10.0 Å². The molecule has 0 fully saturated rings. The molecular formula is C22H25N3O8S. The third kappa shape index (κ3) is 6.68. The highest BCUT2D eigenvalue weighted by atomic mass is 32.2. The molecule has 0 unspecified atom stereocenters. The van der Waals surface area contributed by atoms with Crippen LogP contribution in [0.5, 0.6) is 11.5 Å². The summed E-state index contributed by atoms with van der Waals surface area (Å²) in [5, 5.41) is 4.57. The van der Waals surface area contributed by atoms with Crippen LogP contribution in [0.15, 0.2) is 41.3 Å². The van der Waals surface area contributed by atoms with Crippen LogP contribution in [0.25, 0.3) is 0 Å². The van der Waals surface area contributed by atoms with E-state index < -0.39 is 41.1 Å². The molecule has 3 amide bonds. The van der Waals surface area contributed by atoms with Crippen molar-refractivity contribution in [3.05, 3.63) is 47.5 Å². The van der Waals surface area contributed by atoms with Crippen LogP contribution < -0.4 is 24.8 Å². The van der Waals surface area contributed by atoms with Crippen molar-refractivity contribution in [1.29, 1.82) is 0 Å². The molecule has 34 heavy (non-hydrogen) atoms. The quantitative estimate of drug-likeness (QED) is 0.495. The van der Waals surface area contributed by atoms with E-state index in [1.54, 1.807) is 12.1 Å². The van der Waals surface area contributed by atoms with Crippen LogP contribution in [0.1, 0.15) is 17.5 Å². The molecule has 11 nitrogen and oxygen atoms in total. The van der Waals surface area contributed by atoms with Crippen molar-refractivity contribution in [3.8, 4) is 11.5 Å². The maximum absolute atomic E-state index is 12.5. The van der Waals surface area contributed by atoms with Gasteiger partial charge in [-0.25, -0.2) is 13.2 Å². The van der Waals surface area contributed by atoms with E-state index in [0.717, 1.165) is 11.1 Å². The summed E-state index contributed by atoms with van der Waals surface area (Å²) >= 11 is 0. The zero-order valence-electron chi connectivity index (χ0n) is 18.7. The van der Waals surface area contributed by atoms with Gasteiger partial charge in [-0.3, -0.25) is 14.9 Å². The Morgan fingerprint density at radius 2 is 1.76 bits per heavy atom. The van der Waals surface area contributed by atoms with Gasteiger partial charge in [-0.15, -0.1) is 0 Å². The summed E-state index contributed by atoms with van der Waals surface area (Å²) in [5.41, 5.74) is 2.34. The Balaban J connectivity index is 1.45. The minimum Gasteiger partial charge on any atom is -0.490 e. The predicted molar refractivity (Wildman–Crippen MR) is 121 cm³/mol. The first-order chi connectivity index (χ1) is 16.2.